The Morgan fingerprint density at radius 3 is 2.36 bits per heavy atom. The molecule has 0 atom stereocenters. The highest BCUT2D eigenvalue weighted by molar-refractivity contribution is 6.36. The largest absolute Gasteiger partial charge is 0.497 e. The van der Waals surface area contributed by atoms with E-state index in [2.05, 4.69) is 6.07 Å². The number of carbonyl (C=O) groups is 2. The van der Waals surface area contributed by atoms with Gasteiger partial charge in [0, 0.05) is 23.8 Å². The molecule has 5 rings (SSSR count). The Kier molecular flexibility index (Phi) is 5.65. The van der Waals surface area contributed by atoms with E-state index in [1.807, 2.05) is 71.6 Å². The van der Waals surface area contributed by atoms with Gasteiger partial charge in [0.2, 0.25) is 0 Å². The lowest BCUT2D eigenvalue weighted by Crippen LogP contribution is -2.36. The summed E-state index contributed by atoms with van der Waals surface area (Å²) in [6.07, 6.45) is 1.40. The highest BCUT2D eigenvalue weighted by Gasteiger charge is 2.43. The highest BCUT2D eigenvalue weighted by Crippen LogP contribution is 2.38. The van der Waals surface area contributed by atoms with Crippen LogP contribution in [0.15, 0.2) is 78.5 Å². The Labute approximate surface area is 197 Å². The number of hydrogen-bond donors (Lipinski definition) is 0. The first-order valence-electron chi connectivity index (χ1n) is 10.9. The molecule has 6 heteroatoms. The van der Waals surface area contributed by atoms with Crippen LogP contribution in [-0.2, 0) is 22.4 Å². The molecule has 0 unspecified atom stereocenters. The maximum Gasteiger partial charge on any atom is 0.278 e. The molecular formula is C27H23ClN2O3. The van der Waals surface area contributed by atoms with Gasteiger partial charge in [-0.2, -0.15) is 0 Å². The summed E-state index contributed by atoms with van der Waals surface area (Å²) in [5, 5.41) is 0.658. The highest BCUT2D eigenvalue weighted by atomic mass is 35.5. The molecule has 0 aromatic heterocycles. The van der Waals surface area contributed by atoms with Gasteiger partial charge in [-0.1, -0.05) is 54.1 Å². The second-order valence-corrected chi connectivity index (χ2v) is 8.56. The van der Waals surface area contributed by atoms with Gasteiger partial charge in [0.15, 0.2) is 0 Å². The minimum absolute atomic E-state index is 0.253. The fraction of sp³-hybridized carbons (Fsp3) is 0.185. The van der Waals surface area contributed by atoms with E-state index in [4.69, 9.17) is 16.3 Å². The van der Waals surface area contributed by atoms with E-state index in [1.54, 1.807) is 7.11 Å². The van der Waals surface area contributed by atoms with E-state index in [0.29, 0.717) is 47.1 Å². The zero-order valence-corrected chi connectivity index (χ0v) is 19.0. The van der Waals surface area contributed by atoms with Crippen LogP contribution in [0.5, 0.6) is 5.75 Å². The molecule has 0 spiro atoms. The average Bonchev–Trinajstić information content (AvgIpc) is 3.37. The summed E-state index contributed by atoms with van der Waals surface area (Å²) in [5.74, 6) is 0.179. The van der Waals surface area contributed by atoms with Crippen molar-refractivity contribution in [2.45, 2.75) is 12.8 Å². The number of carbonyl (C=O) groups excluding carboxylic acids is 2. The molecule has 3 aromatic carbocycles. The first kappa shape index (κ1) is 21.3. The van der Waals surface area contributed by atoms with Crippen LogP contribution >= 0.6 is 11.6 Å². The first-order valence-corrected chi connectivity index (χ1v) is 11.3. The van der Waals surface area contributed by atoms with Gasteiger partial charge in [-0.15, -0.1) is 0 Å². The number of halogens is 1. The van der Waals surface area contributed by atoms with Crippen LogP contribution in [0.25, 0.3) is 5.57 Å². The molecule has 3 aromatic rings. The van der Waals surface area contributed by atoms with Crippen LogP contribution in [0.1, 0.15) is 16.7 Å². The molecular weight excluding hydrogens is 436 g/mol. The number of amides is 2. The predicted molar refractivity (Wildman–Crippen MR) is 129 cm³/mol. The van der Waals surface area contributed by atoms with Crippen LogP contribution in [0.4, 0.5) is 5.69 Å². The van der Waals surface area contributed by atoms with Gasteiger partial charge < -0.3 is 9.64 Å². The molecule has 33 heavy (non-hydrogen) atoms. The lowest BCUT2D eigenvalue weighted by Gasteiger charge is -2.22. The summed E-state index contributed by atoms with van der Waals surface area (Å²) in [6.45, 7) is 0.969. The number of imide groups is 1. The normalized spacial score (nSPS) is 15.5. The van der Waals surface area contributed by atoms with E-state index in [0.717, 1.165) is 17.7 Å². The van der Waals surface area contributed by atoms with Crippen LogP contribution in [-0.4, -0.2) is 36.9 Å². The molecule has 2 heterocycles. The van der Waals surface area contributed by atoms with E-state index in [-0.39, 0.29) is 11.8 Å². The van der Waals surface area contributed by atoms with Crippen LogP contribution < -0.4 is 9.64 Å². The van der Waals surface area contributed by atoms with Crippen molar-refractivity contribution in [1.82, 2.24) is 4.90 Å². The number of rotatable bonds is 6. The van der Waals surface area contributed by atoms with Gasteiger partial charge in [0.25, 0.3) is 11.8 Å². The Bertz CT molecular complexity index is 1250. The van der Waals surface area contributed by atoms with Crippen molar-refractivity contribution in [3.63, 3.8) is 0 Å². The predicted octanol–water partition coefficient (Wildman–Crippen LogP) is 4.73. The molecule has 2 amide bonds. The number of nitrogens with zero attached hydrogens (tertiary/aromatic N) is 2. The van der Waals surface area contributed by atoms with Crippen molar-refractivity contribution in [2.75, 3.05) is 25.1 Å². The number of ether oxygens (including phenoxy) is 1. The van der Waals surface area contributed by atoms with Gasteiger partial charge in [-0.05, 0) is 59.9 Å². The van der Waals surface area contributed by atoms with E-state index in [9.17, 15) is 9.59 Å². The summed E-state index contributed by atoms with van der Waals surface area (Å²) in [6, 6.07) is 22.8. The number of anilines is 1. The molecule has 2 aliphatic rings. The minimum Gasteiger partial charge on any atom is -0.497 e. The average molecular weight is 459 g/mol. The molecule has 0 saturated carbocycles. The quantitative estimate of drug-likeness (QED) is 0.501. The fourth-order valence-electron chi connectivity index (χ4n) is 4.50. The summed E-state index contributed by atoms with van der Waals surface area (Å²) >= 11 is 5.99. The lowest BCUT2D eigenvalue weighted by atomic mass is 10.0. The van der Waals surface area contributed by atoms with E-state index < -0.39 is 0 Å². The third kappa shape index (κ3) is 3.89. The maximum absolute atomic E-state index is 13.7. The zero-order valence-electron chi connectivity index (χ0n) is 18.3. The van der Waals surface area contributed by atoms with Crippen molar-refractivity contribution in [2.24, 2.45) is 0 Å². The van der Waals surface area contributed by atoms with Crippen LogP contribution in [0, 0.1) is 0 Å². The van der Waals surface area contributed by atoms with Gasteiger partial charge in [-0.25, -0.2) is 0 Å². The number of fused-ring (bicyclic) bond motifs is 1. The molecule has 0 fully saturated rings. The summed E-state index contributed by atoms with van der Waals surface area (Å²) in [7, 11) is 1.60. The summed E-state index contributed by atoms with van der Waals surface area (Å²) in [5.41, 5.74) is 4.79. The number of benzene rings is 3. The molecule has 0 aliphatic carbocycles. The van der Waals surface area contributed by atoms with Gasteiger partial charge in [0.05, 0.1) is 12.7 Å². The van der Waals surface area contributed by atoms with Crippen molar-refractivity contribution >= 4 is 34.7 Å². The molecule has 2 aliphatic heterocycles. The lowest BCUT2D eigenvalue weighted by molar-refractivity contribution is -0.136. The number of para-hydroxylation sites is 1. The Balaban J connectivity index is 1.52. The Morgan fingerprint density at radius 2 is 1.64 bits per heavy atom. The third-order valence-electron chi connectivity index (χ3n) is 6.22. The smallest absolute Gasteiger partial charge is 0.278 e. The number of hydrogen-bond acceptors (Lipinski definition) is 4. The fourth-order valence-corrected chi connectivity index (χ4v) is 4.62. The Morgan fingerprint density at radius 1 is 0.909 bits per heavy atom. The van der Waals surface area contributed by atoms with Crippen molar-refractivity contribution in [1.29, 1.82) is 0 Å². The van der Waals surface area contributed by atoms with Gasteiger partial charge in [-0.3, -0.25) is 14.5 Å². The van der Waals surface area contributed by atoms with Crippen LogP contribution in [0.3, 0.4) is 0 Å². The second-order valence-electron chi connectivity index (χ2n) is 8.12. The Hall–Kier alpha value is -3.57. The summed E-state index contributed by atoms with van der Waals surface area (Å²) < 4.78 is 5.27. The van der Waals surface area contributed by atoms with Crippen molar-refractivity contribution in [3.05, 3.63) is 100 Å². The minimum atomic E-state index is -0.265. The SMILES string of the molecule is COc1ccc(C2=C(N3CCc4ccccc43)C(=O)N(CCc3ccc(Cl)cc3)C2=O)cc1. The first-order chi connectivity index (χ1) is 16.1. The molecule has 166 valence electrons. The van der Waals surface area contributed by atoms with Crippen molar-refractivity contribution < 1.29 is 14.3 Å². The van der Waals surface area contributed by atoms with Gasteiger partial charge >= 0.3 is 0 Å². The van der Waals surface area contributed by atoms with E-state index in [1.165, 1.54) is 10.5 Å². The maximum atomic E-state index is 13.7. The van der Waals surface area contributed by atoms with Gasteiger partial charge in [0.1, 0.15) is 11.4 Å². The molecule has 0 bridgehead atoms. The van der Waals surface area contributed by atoms with Crippen LogP contribution in [0.2, 0.25) is 5.02 Å². The van der Waals surface area contributed by atoms with Crippen molar-refractivity contribution in [3.8, 4) is 5.75 Å². The second kappa shape index (κ2) is 8.75. The molecule has 0 radical (unpaired) electrons. The van der Waals surface area contributed by atoms with E-state index >= 15 is 0 Å². The topological polar surface area (TPSA) is 49.9 Å². The molecule has 0 N–H and O–H groups in total. The number of methoxy groups -OCH3 is 1. The molecule has 5 nitrogen and oxygen atoms in total. The third-order valence-corrected chi connectivity index (χ3v) is 6.47. The standard InChI is InChI=1S/C27H23ClN2O3/c1-33-22-12-8-20(9-13-22)24-25(29-17-15-19-4-2-3-5-23(19)29)27(32)30(26(24)31)16-14-18-6-10-21(28)11-7-18/h2-13H,14-17H2,1H3. The molecule has 0 saturated heterocycles. The summed E-state index contributed by atoms with van der Waals surface area (Å²) in [4.78, 5) is 30.6. The monoisotopic (exact) mass is 458 g/mol. The zero-order chi connectivity index (χ0) is 22.9.